The lowest BCUT2D eigenvalue weighted by Gasteiger charge is -2.15. The summed E-state index contributed by atoms with van der Waals surface area (Å²) in [5.41, 5.74) is 0.000992. The molecule has 94 valence electrons. The summed E-state index contributed by atoms with van der Waals surface area (Å²) in [5.74, 6) is -0.225. The Balaban J connectivity index is 2.11. The van der Waals surface area contributed by atoms with E-state index in [2.05, 4.69) is 4.98 Å². The predicted octanol–water partition coefficient (Wildman–Crippen LogP) is 2.36. The number of carbonyl (C=O) groups excluding carboxylic acids is 1. The van der Waals surface area contributed by atoms with Gasteiger partial charge in [0.25, 0.3) is 5.91 Å². The normalized spacial score (nSPS) is 10.3. The van der Waals surface area contributed by atoms with E-state index in [0.717, 1.165) is 4.88 Å². The van der Waals surface area contributed by atoms with Crippen LogP contribution < -0.4 is 5.56 Å². The molecule has 6 heteroatoms. The Labute approximate surface area is 113 Å². The fourth-order valence-electron chi connectivity index (χ4n) is 1.52. The highest BCUT2D eigenvalue weighted by atomic mass is 35.5. The molecule has 0 saturated carbocycles. The van der Waals surface area contributed by atoms with Crippen LogP contribution in [0.3, 0.4) is 0 Å². The molecule has 2 rings (SSSR count). The van der Waals surface area contributed by atoms with Crippen LogP contribution in [0.2, 0.25) is 4.34 Å². The molecule has 2 aromatic rings. The molecule has 4 nitrogen and oxygen atoms in total. The molecule has 18 heavy (non-hydrogen) atoms. The van der Waals surface area contributed by atoms with Gasteiger partial charge in [-0.15, -0.1) is 11.3 Å². The second-order valence-electron chi connectivity index (χ2n) is 3.80. The summed E-state index contributed by atoms with van der Waals surface area (Å²) in [7, 11) is 1.68. The maximum absolute atomic E-state index is 12.0. The van der Waals surface area contributed by atoms with E-state index in [4.69, 9.17) is 11.6 Å². The van der Waals surface area contributed by atoms with Crippen molar-refractivity contribution in [2.45, 2.75) is 6.54 Å². The monoisotopic (exact) mass is 282 g/mol. The topological polar surface area (TPSA) is 53.2 Å². The SMILES string of the molecule is CN(Cc1ccc(Cl)s1)C(=O)c1cccc(=O)[nH]1. The van der Waals surface area contributed by atoms with Gasteiger partial charge < -0.3 is 9.88 Å². The molecule has 0 spiro atoms. The van der Waals surface area contributed by atoms with Gasteiger partial charge in [-0.2, -0.15) is 0 Å². The van der Waals surface area contributed by atoms with Gasteiger partial charge in [-0.1, -0.05) is 17.7 Å². The van der Waals surface area contributed by atoms with E-state index in [9.17, 15) is 9.59 Å². The highest BCUT2D eigenvalue weighted by Crippen LogP contribution is 2.22. The molecule has 0 unspecified atom stereocenters. The van der Waals surface area contributed by atoms with Crippen LogP contribution in [0.25, 0.3) is 0 Å². The number of hydrogen-bond donors (Lipinski definition) is 1. The molecule has 0 aliphatic heterocycles. The highest BCUT2D eigenvalue weighted by Gasteiger charge is 2.13. The average Bonchev–Trinajstić information content (AvgIpc) is 2.73. The molecule has 0 radical (unpaired) electrons. The minimum atomic E-state index is -0.284. The molecule has 0 fully saturated rings. The zero-order valence-electron chi connectivity index (χ0n) is 9.64. The van der Waals surface area contributed by atoms with Gasteiger partial charge in [-0.05, 0) is 18.2 Å². The molecule has 0 bridgehead atoms. The first-order valence-corrected chi connectivity index (χ1v) is 6.45. The standard InChI is InChI=1S/C12H11ClN2O2S/c1-15(7-8-5-6-10(13)18-8)12(17)9-3-2-4-11(16)14-9/h2-6H,7H2,1H3,(H,14,16). The Kier molecular flexibility index (Phi) is 3.84. The van der Waals surface area contributed by atoms with Gasteiger partial charge in [0, 0.05) is 18.0 Å². The Hall–Kier alpha value is -1.59. The third-order valence-corrected chi connectivity index (χ3v) is 3.58. The summed E-state index contributed by atoms with van der Waals surface area (Å²) in [6, 6.07) is 8.19. The van der Waals surface area contributed by atoms with E-state index in [0.29, 0.717) is 10.9 Å². The van der Waals surface area contributed by atoms with Crippen molar-refractivity contribution < 1.29 is 4.79 Å². The number of amides is 1. The van der Waals surface area contributed by atoms with E-state index in [1.165, 1.54) is 22.3 Å². The molecule has 1 amide bonds. The van der Waals surface area contributed by atoms with Gasteiger partial charge in [-0.3, -0.25) is 9.59 Å². The van der Waals surface area contributed by atoms with Crippen LogP contribution in [-0.4, -0.2) is 22.8 Å². The highest BCUT2D eigenvalue weighted by molar-refractivity contribution is 7.16. The molecule has 0 aromatic carbocycles. The lowest BCUT2D eigenvalue weighted by Crippen LogP contribution is -2.28. The number of rotatable bonds is 3. The van der Waals surface area contributed by atoms with E-state index in [1.54, 1.807) is 25.2 Å². The molecule has 2 heterocycles. The quantitative estimate of drug-likeness (QED) is 0.940. The fourth-order valence-corrected chi connectivity index (χ4v) is 2.66. The van der Waals surface area contributed by atoms with E-state index in [1.807, 2.05) is 6.07 Å². The number of aromatic amines is 1. The fraction of sp³-hybridized carbons (Fsp3) is 0.167. The van der Waals surface area contributed by atoms with Crippen LogP contribution >= 0.6 is 22.9 Å². The first kappa shape index (κ1) is 12.9. The maximum Gasteiger partial charge on any atom is 0.270 e. The minimum absolute atomic E-state index is 0.225. The minimum Gasteiger partial charge on any atom is -0.335 e. The van der Waals surface area contributed by atoms with Crippen molar-refractivity contribution in [2.75, 3.05) is 7.05 Å². The number of halogens is 1. The van der Waals surface area contributed by atoms with Crippen LogP contribution in [0.4, 0.5) is 0 Å². The summed E-state index contributed by atoms with van der Waals surface area (Å²) < 4.78 is 0.693. The van der Waals surface area contributed by atoms with Crippen LogP contribution in [-0.2, 0) is 6.54 Å². The van der Waals surface area contributed by atoms with E-state index >= 15 is 0 Å². The molecular formula is C12H11ClN2O2S. The number of H-pyrrole nitrogens is 1. The Morgan fingerprint density at radius 3 is 2.78 bits per heavy atom. The first-order chi connectivity index (χ1) is 8.56. The number of aromatic nitrogens is 1. The maximum atomic E-state index is 12.0. The van der Waals surface area contributed by atoms with E-state index in [-0.39, 0.29) is 17.2 Å². The second kappa shape index (κ2) is 5.37. The number of carbonyl (C=O) groups is 1. The van der Waals surface area contributed by atoms with E-state index < -0.39 is 0 Å². The van der Waals surface area contributed by atoms with Crippen molar-refractivity contribution in [3.63, 3.8) is 0 Å². The van der Waals surface area contributed by atoms with Crippen molar-refractivity contribution in [1.29, 1.82) is 0 Å². The van der Waals surface area contributed by atoms with Gasteiger partial charge in [-0.25, -0.2) is 0 Å². The van der Waals surface area contributed by atoms with Gasteiger partial charge in [0.05, 0.1) is 10.9 Å². The Morgan fingerprint density at radius 2 is 2.17 bits per heavy atom. The largest absolute Gasteiger partial charge is 0.335 e. The molecular weight excluding hydrogens is 272 g/mol. The third-order valence-electron chi connectivity index (χ3n) is 2.37. The number of thiophene rings is 1. The number of nitrogens with zero attached hydrogens (tertiary/aromatic N) is 1. The molecule has 0 aliphatic carbocycles. The summed E-state index contributed by atoms with van der Waals surface area (Å²) >= 11 is 7.26. The third kappa shape index (κ3) is 3.00. The van der Waals surface area contributed by atoms with Crippen molar-refractivity contribution >= 4 is 28.8 Å². The lowest BCUT2D eigenvalue weighted by molar-refractivity contribution is 0.0780. The van der Waals surface area contributed by atoms with Crippen LogP contribution in [0, 0.1) is 0 Å². The van der Waals surface area contributed by atoms with Crippen molar-refractivity contribution in [1.82, 2.24) is 9.88 Å². The second-order valence-corrected chi connectivity index (χ2v) is 5.60. The van der Waals surface area contributed by atoms with Gasteiger partial charge in [0.15, 0.2) is 0 Å². The summed E-state index contributed by atoms with van der Waals surface area (Å²) in [6.07, 6.45) is 0. The van der Waals surface area contributed by atoms with Crippen molar-refractivity contribution in [3.05, 3.63) is 55.6 Å². The smallest absolute Gasteiger partial charge is 0.270 e. The summed E-state index contributed by atoms with van der Waals surface area (Å²) in [6.45, 7) is 0.465. The number of nitrogens with one attached hydrogen (secondary N) is 1. The molecule has 2 aromatic heterocycles. The summed E-state index contributed by atoms with van der Waals surface area (Å²) in [4.78, 5) is 28.2. The van der Waals surface area contributed by atoms with Crippen molar-refractivity contribution in [3.8, 4) is 0 Å². The molecule has 0 aliphatic rings. The van der Waals surface area contributed by atoms with Gasteiger partial charge in [0.1, 0.15) is 5.69 Å². The predicted molar refractivity (Wildman–Crippen MR) is 72.2 cm³/mol. The number of hydrogen-bond acceptors (Lipinski definition) is 3. The average molecular weight is 283 g/mol. The number of pyridine rings is 1. The molecule has 0 saturated heterocycles. The van der Waals surface area contributed by atoms with Crippen molar-refractivity contribution in [2.24, 2.45) is 0 Å². The zero-order valence-corrected chi connectivity index (χ0v) is 11.2. The van der Waals surface area contributed by atoms with Gasteiger partial charge in [0.2, 0.25) is 5.56 Å². The Bertz CT molecular complexity index is 620. The first-order valence-electron chi connectivity index (χ1n) is 5.25. The van der Waals surface area contributed by atoms with Crippen LogP contribution in [0.15, 0.2) is 35.1 Å². The van der Waals surface area contributed by atoms with Crippen LogP contribution in [0.5, 0.6) is 0 Å². The Morgan fingerprint density at radius 1 is 1.39 bits per heavy atom. The summed E-state index contributed by atoms with van der Waals surface area (Å²) in [5, 5.41) is 0. The lowest BCUT2D eigenvalue weighted by atomic mass is 10.3. The molecule has 0 atom stereocenters. The zero-order chi connectivity index (χ0) is 13.1. The van der Waals surface area contributed by atoms with Crippen LogP contribution in [0.1, 0.15) is 15.4 Å². The molecule has 1 N–H and O–H groups in total. The van der Waals surface area contributed by atoms with Gasteiger partial charge >= 0.3 is 0 Å².